The van der Waals surface area contributed by atoms with E-state index >= 15 is 0 Å². The molecule has 2 unspecified atom stereocenters. The van der Waals surface area contributed by atoms with Gasteiger partial charge in [-0.25, -0.2) is 4.98 Å². The molecule has 15 heavy (non-hydrogen) atoms. The fourth-order valence-corrected chi connectivity index (χ4v) is 2.19. The largest absolute Gasteiger partial charge is 0.382 e. The minimum Gasteiger partial charge on any atom is -0.382 e. The van der Waals surface area contributed by atoms with Gasteiger partial charge in [0.2, 0.25) is 0 Å². The number of anilines is 2. The summed E-state index contributed by atoms with van der Waals surface area (Å²) >= 11 is 0. The van der Waals surface area contributed by atoms with Gasteiger partial charge in [0.15, 0.2) is 0 Å². The number of nitrogens with zero attached hydrogens (tertiary/aromatic N) is 1. The highest BCUT2D eigenvalue weighted by Crippen LogP contribution is 2.28. The van der Waals surface area contributed by atoms with Crippen molar-refractivity contribution in [3.8, 4) is 0 Å². The quantitative estimate of drug-likeness (QED) is 0.669. The molecule has 0 radical (unpaired) electrons. The lowest BCUT2D eigenvalue weighted by Crippen LogP contribution is -2.29. The van der Waals surface area contributed by atoms with Crippen molar-refractivity contribution in [2.24, 2.45) is 5.92 Å². The molecule has 0 bridgehead atoms. The second kappa shape index (κ2) is 3.38. The molecule has 0 aromatic carbocycles. The van der Waals surface area contributed by atoms with Gasteiger partial charge in [0.1, 0.15) is 5.82 Å². The van der Waals surface area contributed by atoms with Crippen LogP contribution in [0.4, 0.5) is 11.5 Å². The molecule has 2 N–H and O–H groups in total. The molecule has 0 aliphatic carbocycles. The van der Waals surface area contributed by atoms with E-state index in [0.29, 0.717) is 12.0 Å². The van der Waals surface area contributed by atoms with Gasteiger partial charge in [0, 0.05) is 18.7 Å². The van der Waals surface area contributed by atoms with Crippen LogP contribution in [0.2, 0.25) is 0 Å². The van der Waals surface area contributed by atoms with E-state index in [1.165, 1.54) is 5.56 Å². The first-order chi connectivity index (χ1) is 7.33. The smallest absolute Gasteiger partial charge is 0.149 e. The molecule has 2 atom stereocenters. The zero-order valence-electron chi connectivity index (χ0n) is 8.79. The van der Waals surface area contributed by atoms with Crippen molar-refractivity contribution >= 4 is 11.5 Å². The first-order valence-electron chi connectivity index (χ1n) is 5.38. The van der Waals surface area contributed by atoms with E-state index in [1.54, 1.807) is 0 Å². The van der Waals surface area contributed by atoms with Gasteiger partial charge >= 0.3 is 0 Å². The maximum atomic E-state index is 5.46. The van der Waals surface area contributed by atoms with Crippen LogP contribution in [0.5, 0.6) is 0 Å². The Morgan fingerprint density at radius 3 is 3.33 bits per heavy atom. The third kappa shape index (κ3) is 1.55. The minimum absolute atomic E-state index is 0.411. The number of rotatable bonds is 0. The van der Waals surface area contributed by atoms with Crippen molar-refractivity contribution in [3.63, 3.8) is 0 Å². The Morgan fingerprint density at radius 2 is 2.40 bits per heavy atom. The van der Waals surface area contributed by atoms with E-state index in [4.69, 9.17) is 4.74 Å². The Labute approximate surface area is 89.0 Å². The Morgan fingerprint density at radius 1 is 1.47 bits per heavy atom. The van der Waals surface area contributed by atoms with Crippen molar-refractivity contribution in [3.05, 3.63) is 17.8 Å². The van der Waals surface area contributed by atoms with Crippen LogP contribution < -0.4 is 10.6 Å². The number of hydrogen-bond acceptors (Lipinski definition) is 4. The molecule has 2 aliphatic rings. The van der Waals surface area contributed by atoms with Gasteiger partial charge in [-0.15, -0.1) is 0 Å². The Hall–Kier alpha value is -1.29. The van der Waals surface area contributed by atoms with Crippen LogP contribution in [0.3, 0.4) is 0 Å². The predicted molar refractivity (Wildman–Crippen MR) is 59.2 cm³/mol. The average molecular weight is 205 g/mol. The Kier molecular flexibility index (Phi) is 2.02. The number of fused-ring (bicyclic) bond motifs is 2. The standard InChI is InChI=1S/C11H15N3O/c1-7-2-9-11(13-3-7)14-10-6-15-5-8(10)4-12-9/h2-3,8,10,12H,4-6H2,1H3,(H,13,14). The van der Waals surface area contributed by atoms with Crippen LogP contribution in [-0.2, 0) is 4.74 Å². The molecule has 1 aromatic rings. The van der Waals surface area contributed by atoms with E-state index in [0.717, 1.165) is 31.3 Å². The number of aromatic nitrogens is 1. The van der Waals surface area contributed by atoms with Gasteiger partial charge in [0.25, 0.3) is 0 Å². The van der Waals surface area contributed by atoms with Crippen LogP contribution in [0.1, 0.15) is 5.56 Å². The minimum atomic E-state index is 0.411. The third-order valence-electron chi connectivity index (χ3n) is 3.10. The third-order valence-corrected chi connectivity index (χ3v) is 3.10. The molecule has 1 fully saturated rings. The summed E-state index contributed by atoms with van der Waals surface area (Å²) in [6, 6.07) is 2.55. The first kappa shape index (κ1) is 8.97. The summed E-state index contributed by atoms with van der Waals surface area (Å²) in [6.07, 6.45) is 1.89. The molecule has 1 saturated heterocycles. The van der Waals surface area contributed by atoms with Crippen molar-refractivity contribution in [1.82, 2.24) is 4.98 Å². The highest BCUT2D eigenvalue weighted by atomic mass is 16.5. The van der Waals surface area contributed by atoms with E-state index in [9.17, 15) is 0 Å². The molecule has 0 saturated carbocycles. The molecule has 4 nitrogen and oxygen atoms in total. The lowest BCUT2D eigenvalue weighted by atomic mass is 10.1. The summed E-state index contributed by atoms with van der Waals surface area (Å²) in [5.74, 6) is 1.51. The van der Waals surface area contributed by atoms with Crippen molar-refractivity contribution < 1.29 is 4.74 Å². The van der Waals surface area contributed by atoms with Gasteiger partial charge in [-0.3, -0.25) is 0 Å². The Bertz CT molecular complexity index is 380. The lowest BCUT2D eigenvalue weighted by molar-refractivity contribution is 0.186. The number of nitrogens with one attached hydrogen (secondary N) is 2. The van der Waals surface area contributed by atoms with Crippen molar-refractivity contribution in [2.75, 3.05) is 30.4 Å². The van der Waals surface area contributed by atoms with Crippen LogP contribution in [0, 0.1) is 12.8 Å². The molecule has 0 spiro atoms. The zero-order valence-corrected chi connectivity index (χ0v) is 8.79. The van der Waals surface area contributed by atoms with Crippen LogP contribution >= 0.6 is 0 Å². The zero-order chi connectivity index (χ0) is 10.3. The van der Waals surface area contributed by atoms with Crippen molar-refractivity contribution in [2.45, 2.75) is 13.0 Å². The lowest BCUT2D eigenvalue weighted by Gasteiger charge is -2.14. The number of aryl methyl sites for hydroxylation is 1. The summed E-state index contributed by atoms with van der Waals surface area (Å²) in [6.45, 7) is 4.67. The molecular formula is C11H15N3O. The highest BCUT2D eigenvalue weighted by Gasteiger charge is 2.31. The number of hydrogen-bond donors (Lipinski definition) is 2. The van der Waals surface area contributed by atoms with Crippen molar-refractivity contribution in [1.29, 1.82) is 0 Å². The summed E-state index contributed by atoms with van der Waals surface area (Å²) in [5.41, 5.74) is 2.30. The fraction of sp³-hybridized carbons (Fsp3) is 0.545. The van der Waals surface area contributed by atoms with Crippen LogP contribution in [0.15, 0.2) is 12.3 Å². The molecule has 4 heteroatoms. The summed E-state index contributed by atoms with van der Waals surface area (Å²) < 4.78 is 5.46. The average Bonchev–Trinajstić information content (AvgIpc) is 2.59. The normalized spacial score (nSPS) is 28.3. The summed E-state index contributed by atoms with van der Waals surface area (Å²) in [7, 11) is 0. The fourth-order valence-electron chi connectivity index (χ4n) is 2.19. The maximum absolute atomic E-state index is 5.46. The molecule has 1 aromatic heterocycles. The van der Waals surface area contributed by atoms with Gasteiger partial charge in [0.05, 0.1) is 24.9 Å². The summed E-state index contributed by atoms with van der Waals surface area (Å²) in [5, 5.41) is 6.88. The first-order valence-corrected chi connectivity index (χ1v) is 5.38. The molecular weight excluding hydrogens is 190 g/mol. The van der Waals surface area contributed by atoms with Crippen LogP contribution in [-0.4, -0.2) is 30.8 Å². The molecule has 80 valence electrons. The number of ether oxygens (including phenoxy) is 1. The maximum Gasteiger partial charge on any atom is 0.149 e. The highest BCUT2D eigenvalue weighted by molar-refractivity contribution is 5.66. The van der Waals surface area contributed by atoms with Gasteiger partial charge in [-0.05, 0) is 18.6 Å². The van der Waals surface area contributed by atoms with Gasteiger partial charge in [-0.2, -0.15) is 0 Å². The monoisotopic (exact) mass is 205 g/mol. The SMILES string of the molecule is Cc1cnc2c(c1)NCC1COCC1N2. The van der Waals surface area contributed by atoms with E-state index in [2.05, 4.69) is 28.6 Å². The van der Waals surface area contributed by atoms with E-state index < -0.39 is 0 Å². The molecule has 3 rings (SSSR count). The number of pyridine rings is 1. The topological polar surface area (TPSA) is 46.2 Å². The molecule has 2 aliphatic heterocycles. The second-order valence-electron chi connectivity index (χ2n) is 4.34. The predicted octanol–water partition coefficient (Wildman–Crippen LogP) is 1.24. The Balaban J connectivity index is 1.93. The summed E-state index contributed by atoms with van der Waals surface area (Å²) in [4.78, 5) is 4.41. The van der Waals surface area contributed by atoms with Crippen LogP contribution in [0.25, 0.3) is 0 Å². The molecule has 3 heterocycles. The van der Waals surface area contributed by atoms with Gasteiger partial charge < -0.3 is 15.4 Å². The van der Waals surface area contributed by atoms with E-state index in [1.807, 2.05) is 6.20 Å². The van der Waals surface area contributed by atoms with E-state index in [-0.39, 0.29) is 0 Å². The van der Waals surface area contributed by atoms with Gasteiger partial charge in [-0.1, -0.05) is 0 Å². The molecule has 0 amide bonds. The second-order valence-corrected chi connectivity index (χ2v) is 4.34.